The van der Waals surface area contributed by atoms with Gasteiger partial charge in [0.2, 0.25) is 11.8 Å². The van der Waals surface area contributed by atoms with Crippen LogP contribution >= 0.6 is 34.8 Å². The van der Waals surface area contributed by atoms with E-state index in [9.17, 15) is 18.0 Å². The second-order valence-corrected chi connectivity index (χ2v) is 13.4. The van der Waals surface area contributed by atoms with Crippen molar-refractivity contribution in [2.24, 2.45) is 0 Å². The average Bonchev–Trinajstić information content (AvgIpc) is 3.42. The van der Waals surface area contributed by atoms with Gasteiger partial charge in [-0.05, 0) is 74.7 Å². The Labute approximate surface area is 256 Å². The number of nitrogens with zero attached hydrogens (tertiary/aromatic N) is 2. The Balaban J connectivity index is 1.71. The van der Waals surface area contributed by atoms with Crippen LogP contribution in [-0.4, -0.2) is 43.8 Å². The van der Waals surface area contributed by atoms with Crippen LogP contribution in [0.1, 0.15) is 43.7 Å². The van der Waals surface area contributed by atoms with E-state index in [0.717, 1.165) is 35.6 Å². The fourth-order valence-electron chi connectivity index (χ4n) is 4.86. The summed E-state index contributed by atoms with van der Waals surface area (Å²) in [4.78, 5) is 28.7. The van der Waals surface area contributed by atoms with Crippen LogP contribution in [0.2, 0.25) is 15.1 Å². The summed E-state index contributed by atoms with van der Waals surface area (Å²) in [5.41, 5.74) is 1.71. The summed E-state index contributed by atoms with van der Waals surface area (Å²) < 4.78 is 28.8. The maximum Gasteiger partial charge on any atom is 0.264 e. The lowest BCUT2D eigenvalue weighted by Gasteiger charge is -2.32. The molecule has 0 aromatic heterocycles. The Bertz CT molecular complexity index is 1490. The van der Waals surface area contributed by atoms with Gasteiger partial charge in [0.15, 0.2) is 0 Å². The third-order valence-electron chi connectivity index (χ3n) is 7.13. The van der Waals surface area contributed by atoms with Crippen molar-refractivity contribution in [2.75, 3.05) is 10.8 Å². The van der Waals surface area contributed by atoms with Gasteiger partial charge in [0, 0.05) is 27.7 Å². The van der Waals surface area contributed by atoms with Gasteiger partial charge in [0.05, 0.1) is 10.6 Å². The van der Waals surface area contributed by atoms with Crippen LogP contribution in [0.4, 0.5) is 5.69 Å². The Kier molecular flexibility index (Phi) is 10.2. The molecule has 41 heavy (non-hydrogen) atoms. The summed E-state index contributed by atoms with van der Waals surface area (Å²) in [7, 11) is -4.23. The van der Waals surface area contributed by atoms with Gasteiger partial charge in [-0.2, -0.15) is 0 Å². The molecule has 4 rings (SSSR count). The monoisotopic (exact) mass is 635 g/mol. The highest BCUT2D eigenvalue weighted by Gasteiger charge is 2.33. The predicted octanol–water partition coefficient (Wildman–Crippen LogP) is 6.63. The largest absolute Gasteiger partial charge is 0.352 e. The Morgan fingerprint density at radius 1 is 0.927 bits per heavy atom. The van der Waals surface area contributed by atoms with E-state index in [1.807, 2.05) is 6.92 Å². The lowest BCUT2D eigenvalue weighted by molar-refractivity contribution is -0.139. The van der Waals surface area contributed by atoms with E-state index < -0.39 is 28.5 Å². The maximum absolute atomic E-state index is 14.0. The molecule has 1 atom stereocenters. The molecule has 1 aliphatic rings. The second-order valence-electron chi connectivity index (χ2n) is 10.3. The van der Waals surface area contributed by atoms with E-state index in [-0.39, 0.29) is 39.1 Å². The molecule has 0 bridgehead atoms. The maximum atomic E-state index is 14.0. The van der Waals surface area contributed by atoms with Crippen LogP contribution in [-0.2, 0) is 26.2 Å². The first-order chi connectivity index (χ1) is 19.4. The third kappa shape index (κ3) is 7.95. The minimum Gasteiger partial charge on any atom is -0.352 e. The highest BCUT2D eigenvalue weighted by atomic mass is 35.5. The zero-order valence-electron chi connectivity index (χ0n) is 22.8. The number of anilines is 1. The van der Waals surface area contributed by atoms with Crippen LogP contribution in [0, 0.1) is 6.92 Å². The number of aryl methyl sites for hydroxylation is 1. The molecule has 1 aliphatic carbocycles. The molecule has 11 heteroatoms. The fraction of sp³-hybridized carbons (Fsp3) is 0.333. The highest BCUT2D eigenvalue weighted by Crippen LogP contribution is 2.30. The molecule has 0 spiro atoms. The summed E-state index contributed by atoms with van der Waals surface area (Å²) in [6, 6.07) is 16.8. The Hall–Kier alpha value is -2.78. The molecular formula is C30H32Cl3N3O4S. The molecule has 0 heterocycles. The number of sulfonamides is 1. The van der Waals surface area contributed by atoms with Crippen molar-refractivity contribution in [1.82, 2.24) is 10.2 Å². The number of hydrogen-bond donors (Lipinski definition) is 1. The van der Waals surface area contributed by atoms with Gasteiger partial charge in [0.25, 0.3) is 10.0 Å². The van der Waals surface area contributed by atoms with E-state index in [0.29, 0.717) is 10.6 Å². The summed E-state index contributed by atoms with van der Waals surface area (Å²) >= 11 is 18.7. The lowest BCUT2D eigenvalue weighted by atomic mass is 10.1. The number of halogens is 3. The summed E-state index contributed by atoms with van der Waals surface area (Å²) in [5.74, 6) is -0.878. The van der Waals surface area contributed by atoms with Crippen molar-refractivity contribution in [3.63, 3.8) is 0 Å². The summed E-state index contributed by atoms with van der Waals surface area (Å²) in [6.45, 7) is 2.95. The molecule has 3 aromatic carbocycles. The summed E-state index contributed by atoms with van der Waals surface area (Å²) in [5, 5.41) is 3.95. The first-order valence-corrected chi connectivity index (χ1v) is 15.9. The average molecular weight is 637 g/mol. The van der Waals surface area contributed by atoms with Crippen molar-refractivity contribution in [2.45, 2.75) is 63.1 Å². The SMILES string of the molecule is Cc1ccc(S(=O)(=O)N(CC(=O)N(Cc2cccc(Cl)c2)[C@@H](C)C(=O)NC2CCCC2)c2cc(Cl)cc(Cl)c2)cc1. The number of benzene rings is 3. The number of carbonyl (C=O) groups excluding carboxylic acids is 2. The third-order valence-corrected chi connectivity index (χ3v) is 9.59. The first kappa shape index (κ1) is 31.2. The highest BCUT2D eigenvalue weighted by molar-refractivity contribution is 7.92. The Morgan fingerprint density at radius 3 is 2.17 bits per heavy atom. The second kappa shape index (κ2) is 13.5. The van der Waals surface area contributed by atoms with E-state index in [1.165, 1.54) is 35.2 Å². The van der Waals surface area contributed by atoms with Crippen molar-refractivity contribution in [1.29, 1.82) is 0 Å². The van der Waals surface area contributed by atoms with Crippen LogP contribution in [0.5, 0.6) is 0 Å². The molecule has 0 radical (unpaired) electrons. The molecule has 0 aliphatic heterocycles. The zero-order valence-corrected chi connectivity index (χ0v) is 25.9. The van der Waals surface area contributed by atoms with Crippen LogP contribution in [0.3, 0.4) is 0 Å². The molecule has 1 fully saturated rings. The van der Waals surface area contributed by atoms with Gasteiger partial charge in [-0.25, -0.2) is 8.42 Å². The minimum absolute atomic E-state index is 0.000383. The number of rotatable bonds is 10. The molecule has 1 N–H and O–H groups in total. The van der Waals surface area contributed by atoms with Crippen LogP contribution in [0.15, 0.2) is 71.6 Å². The number of amides is 2. The van der Waals surface area contributed by atoms with E-state index in [2.05, 4.69) is 5.32 Å². The predicted molar refractivity (Wildman–Crippen MR) is 164 cm³/mol. The van der Waals surface area contributed by atoms with Crippen molar-refractivity contribution in [3.05, 3.63) is 92.9 Å². The normalized spacial score (nSPS) is 14.5. The van der Waals surface area contributed by atoms with Crippen molar-refractivity contribution < 1.29 is 18.0 Å². The van der Waals surface area contributed by atoms with Crippen LogP contribution < -0.4 is 9.62 Å². The molecule has 2 amide bonds. The van der Waals surface area contributed by atoms with Gasteiger partial charge in [0.1, 0.15) is 12.6 Å². The Morgan fingerprint density at radius 2 is 1.56 bits per heavy atom. The van der Waals surface area contributed by atoms with Crippen molar-refractivity contribution in [3.8, 4) is 0 Å². The fourth-order valence-corrected chi connectivity index (χ4v) is 6.98. The van der Waals surface area contributed by atoms with Gasteiger partial charge >= 0.3 is 0 Å². The van der Waals surface area contributed by atoms with Gasteiger partial charge in [-0.1, -0.05) is 77.5 Å². The zero-order chi connectivity index (χ0) is 29.7. The van der Waals surface area contributed by atoms with E-state index in [4.69, 9.17) is 34.8 Å². The topological polar surface area (TPSA) is 86.8 Å². The number of hydrogen-bond acceptors (Lipinski definition) is 4. The minimum atomic E-state index is -4.23. The quantitative estimate of drug-likeness (QED) is 0.271. The molecular weight excluding hydrogens is 605 g/mol. The van der Waals surface area contributed by atoms with Gasteiger partial charge in [-0.15, -0.1) is 0 Å². The molecule has 3 aromatic rings. The molecule has 218 valence electrons. The number of nitrogens with one attached hydrogen (secondary N) is 1. The van der Waals surface area contributed by atoms with Crippen molar-refractivity contribution >= 4 is 62.3 Å². The van der Waals surface area contributed by atoms with E-state index in [1.54, 1.807) is 43.3 Å². The molecule has 1 saturated carbocycles. The van der Waals surface area contributed by atoms with E-state index >= 15 is 0 Å². The molecule has 0 saturated heterocycles. The van der Waals surface area contributed by atoms with Gasteiger partial charge < -0.3 is 10.2 Å². The van der Waals surface area contributed by atoms with Gasteiger partial charge in [-0.3, -0.25) is 13.9 Å². The summed E-state index contributed by atoms with van der Waals surface area (Å²) in [6.07, 6.45) is 3.86. The first-order valence-electron chi connectivity index (χ1n) is 13.3. The molecule has 7 nitrogen and oxygen atoms in total. The lowest BCUT2D eigenvalue weighted by Crippen LogP contribution is -2.52. The standard InChI is InChI=1S/C30H32Cl3N3O4S/c1-20-10-12-28(13-11-20)41(39,40)36(27-16-24(32)15-25(33)17-27)19-29(37)35(18-22-6-5-7-23(31)14-22)21(2)30(38)34-26-8-3-4-9-26/h5-7,10-17,21,26H,3-4,8-9,18-19H2,1-2H3,(H,34,38)/t21-/m0/s1. The molecule has 0 unspecified atom stereocenters. The smallest absolute Gasteiger partial charge is 0.264 e. The number of carbonyl (C=O) groups is 2. The van der Waals surface area contributed by atoms with Crippen LogP contribution in [0.25, 0.3) is 0 Å².